The lowest BCUT2D eigenvalue weighted by atomic mass is 9.98. The molecule has 0 radical (unpaired) electrons. The number of hydrogen-bond acceptors (Lipinski definition) is 10. The van der Waals surface area contributed by atoms with E-state index in [2.05, 4.69) is 20.3 Å². The van der Waals surface area contributed by atoms with E-state index in [1.54, 1.807) is 6.92 Å². The summed E-state index contributed by atoms with van der Waals surface area (Å²) in [5, 5.41) is 51.6. The van der Waals surface area contributed by atoms with Gasteiger partial charge in [0.1, 0.15) is 30.7 Å². The van der Waals surface area contributed by atoms with E-state index in [9.17, 15) is 20.4 Å². The summed E-state index contributed by atoms with van der Waals surface area (Å²) < 4.78 is 6.96. The van der Waals surface area contributed by atoms with Gasteiger partial charge in [-0.15, -0.1) is 0 Å². The quantitative estimate of drug-likeness (QED) is 0.313. The minimum Gasteiger partial charge on any atom is -0.394 e. The van der Waals surface area contributed by atoms with Crippen molar-refractivity contribution in [3.63, 3.8) is 0 Å². The third-order valence-corrected chi connectivity index (χ3v) is 4.47. The Morgan fingerprint density at radius 2 is 1.96 bits per heavy atom. The Bertz CT molecular complexity index is 810. The molecular formula is C16H23N5O6. The molecule has 11 heteroatoms. The Kier molecular flexibility index (Phi) is 5.99. The minimum absolute atomic E-state index is 0.0351. The van der Waals surface area contributed by atoms with E-state index in [1.165, 1.54) is 17.2 Å². The maximum absolute atomic E-state index is 10.3. The number of nitrogens with zero attached hydrogens (tertiary/aromatic N) is 4. The first kappa shape index (κ1) is 19.6. The van der Waals surface area contributed by atoms with Crippen LogP contribution in [0.5, 0.6) is 0 Å². The van der Waals surface area contributed by atoms with Crippen LogP contribution in [0, 0.1) is 0 Å². The number of hydrogen-bond donors (Lipinski definition) is 6. The second kappa shape index (κ2) is 8.25. The highest BCUT2D eigenvalue weighted by Gasteiger charge is 2.44. The Morgan fingerprint density at radius 1 is 1.19 bits per heavy atom. The van der Waals surface area contributed by atoms with Crippen LogP contribution in [-0.2, 0) is 4.74 Å². The van der Waals surface area contributed by atoms with Gasteiger partial charge in [0.2, 0.25) is 0 Å². The lowest BCUT2D eigenvalue weighted by Crippen LogP contribution is -2.56. The molecule has 0 aromatic carbocycles. The molecule has 27 heavy (non-hydrogen) atoms. The predicted octanol–water partition coefficient (Wildman–Crippen LogP) is -1.85. The van der Waals surface area contributed by atoms with Gasteiger partial charge in [0, 0.05) is 6.54 Å². The van der Waals surface area contributed by atoms with Gasteiger partial charge in [-0.25, -0.2) is 15.0 Å². The van der Waals surface area contributed by atoms with E-state index in [1.807, 2.05) is 6.08 Å². The first-order chi connectivity index (χ1) is 13.0. The normalized spacial score (nSPS) is 29.3. The van der Waals surface area contributed by atoms with Gasteiger partial charge < -0.3 is 35.6 Å². The lowest BCUT2D eigenvalue weighted by molar-refractivity contribution is -0.250. The number of imidazole rings is 1. The fraction of sp³-hybridized carbons (Fsp3) is 0.562. The van der Waals surface area contributed by atoms with Crippen molar-refractivity contribution in [2.45, 2.75) is 37.6 Å². The van der Waals surface area contributed by atoms with Crippen LogP contribution < -0.4 is 5.32 Å². The molecule has 1 aliphatic heterocycles. The largest absolute Gasteiger partial charge is 0.394 e. The molecule has 0 aliphatic carbocycles. The Balaban J connectivity index is 1.89. The molecule has 5 atom stereocenters. The number of fused-ring (bicyclic) bond motifs is 1. The number of rotatable bonds is 6. The van der Waals surface area contributed by atoms with Crippen molar-refractivity contribution in [1.29, 1.82) is 0 Å². The zero-order valence-corrected chi connectivity index (χ0v) is 14.7. The summed E-state index contributed by atoms with van der Waals surface area (Å²) in [5.74, 6) is 0.449. The van der Waals surface area contributed by atoms with E-state index < -0.39 is 37.3 Å². The number of anilines is 1. The van der Waals surface area contributed by atoms with E-state index in [4.69, 9.17) is 9.84 Å². The molecule has 11 nitrogen and oxygen atoms in total. The molecule has 0 amide bonds. The number of ether oxygens (including phenoxy) is 1. The van der Waals surface area contributed by atoms with Crippen LogP contribution >= 0.6 is 0 Å². The van der Waals surface area contributed by atoms with Crippen molar-refractivity contribution in [2.75, 3.05) is 25.1 Å². The van der Waals surface area contributed by atoms with Crippen LogP contribution in [-0.4, -0.2) is 89.2 Å². The Labute approximate surface area is 154 Å². The zero-order chi connectivity index (χ0) is 19.6. The molecule has 3 rings (SSSR count). The monoisotopic (exact) mass is 381 g/mol. The van der Waals surface area contributed by atoms with Gasteiger partial charge in [-0.1, -0.05) is 11.6 Å². The molecular weight excluding hydrogens is 358 g/mol. The van der Waals surface area contributed by atoms with Crippen LogP contribution in [0.2, 0.25) is 0 Å². The first-order valence-corrected chi connectivity index (χ1v) is 8.46. The van der Waals surface area contributed by atoms with Gasteiger partial charge in [0.15, 0.2) is 23.2 Å². The van der Waals surface area contributed by atoms with Gasteiger partial charge >= 0.3 is 0 Å². The SMILES string of the molecule is CC(=CCNc1ncnc2c1ncn2C1OC(CO)C(O)C(O)C1O)CO. The lowest BCUT2D eigenvalue weighted by Gasteiger charge is -2.40. The standard InChI is InChI=1S/C16H23N5O6/c1-8(4-22)2-3-17-14-10-15(19-6-18-14)21(7-20-10)16-13(26)12(25)11(24)9(5-23)27-16/h2,6-7,9,11-13,16,22-26H,3-5H2,1H3,(H,17,18,19). The average molecular weight is 381 g/mol. The molecule has 3 heterocycles. The number of aromatic nitrogens is 4. The van der Waals surface area contributed by atoms with Crippen molar-refractivity contribution < 1.29 is 30.3 Å². The summed E-state index contributed by atoms with van der Waals surface area (Å²) >= 11 is 0. The van der Waals surface area contributed by atoms with Crippen LogP contribution in [0.4, 0.5) is 5.82 Å². The molecule has 1 fully saturated rings. The molecule has 2 aromatic rings. The van der Waals surface area contributed by atoms with E-state index in [0.29, 0.717) is 23.5 Å². The first-order valence-electron chi connectivity index (χ1n) is 8.46. The second-order valence-corrected chi connectivity index (χ2v) is 6.36. The van der Waals surface area contributed by atoms with Gasteiger partial charge in [-0.2, -0.15) is 0 Å². The van der Waals surface area contributed by atoms with Crippen molar-refractivity contribution in [3.05, 3.63) is 24.3 Å². The van der Waals surface area contributed by atoms with Crippen molar-refractivity contribution in [1.82, 2.24) is 19.5 Å². The highest BCUT2D eigenvalue weighted by atomic mass is 16.6. The predicted molar refractivity (Wildman–Crippen MR) is 93.7 cm³/mol. The molecule has 1 saturated heterocycles. The number of aliphatic hydroxyl groups excluding tert-OH is 5. The molecule has 0 saturated carbocycles. The van der Waals surface area contributed by atoms with Crippen molar-refractivity contribution in [2.24, 2.45) is 0 Å². The van der Waals surface area contributed by atoms with Crippen LogP contribution in [0.25, 0.3) is 11.2 Å². The van der Waals surface area contributed by atoms with E-state index >= 15 is 0 Å². The van der Waals surface area contributed by atoms with E-state index in [-0.39, 0.29) is 6.61 Å². The average Bonchev–Trinajstić information content (AvgIpc) is 3.11. The summed E-state index contributed by atoms with van der Waals surface area (Å²) in [7, 11) is 0. The van der Waals surface area contributed by atoms with Crippen molar-refractivity contribution in [3.8, 4) is 0 Å². The molecule has 5 unspecified atom stereocenters. The van der Waals surface area contributed by atoms with E-state index in [0.717, 1.165) is 5.57 Å². The Morgan fingerprint density at radius 3 is 2.67 bits per heavy atom. The minimum atomic E-state index is -1.50. The third kappa shape index (κ3) is 3.78. The summed E-state index contributed by atoms with van der Waals surface area (Å²) in [6.07, 6.45) is -2.00. The summed E-state index contributed by atoms with van der Waals surface area (Å²) in [4.78, 5) is 12.6. The highest BCUT2D eigenvalue weighted by Crippen LogP contribution is 2.31. The summed E-state index contributed by atoms with van der Waals surface area (Å²) in [5.41, 5.74) is 1.57. The van der Waals surface area contributed by atoms with Gasteiger partial charge in [-0.3, -0.25) is 4.57 Å². The summed E-state index contributed by atoms with van der Waals surface area (Å²) in [6, 6.07) is 0. The maximum Gasteiger partial charge on any atom is 0.167 e. The van der Waals surface area contributed by atoms with Crippen LogP contribution in [0.1, 0.15) is 13.2 Å². The molecule has 0 bridgehead atoms. The Hall–Kier alpha value is -2.15. The maximum atomic E-state index is 10.3. The topological polar surface area (TPSA) is 166 Å². The number of aliphatic hydroxyl groups is 5. The molecule has 0 spiro atoms. The molecule has 6 N–H and O–H groups in total. The van der Waals surface area contributed by atoms with Crippen LogP contribution in [0.3, 0.4) is 0 Å². The van der Waals surface area contributed by atoms with Crippen LogP contribution in [0.15, 0.2) is 24.3 Å². The van der Waals surface area contributed by atoms with Gasteiger partial charge in [-0.05, 0) is 6.92 Å². The van der Waals surface area contributed by atoms with Gasteiger partial charge in [0.25, 0.3) is 0 Å². The summed E-state index contributed by atoms with van der Waals surface area (Å²) in [6.45, 7) is 1.66. The second-order valence-electron chi connectivity index (χ2n) is 6.36. The van der Waals surface area contributed by atoms with Gasteiger partial charge in [0.05, 0.1) is 19.5 Å². The zero-order valence-electron chi connectivity index (χ0n) is 14.7. The highest BCUT2D eigenvalue weighted by molar-refractivity contribution is 5.82. The third-order valence-electron chi connectivity index (χ3n) is 4.47. The molecule has 148 valence electrons. The fourth-order valence-corrected chi connectivity index (χ4v) is 2.87. The fourth-order valence-electron chi connectivity index (χ4n) is 2.87. The molecule has 1 aliphatic rings. The smallest absolute Gasteiger partial charge is 0.167 e. The molecule has 2 aromatic heterocycles. The van der Waals surface area contributed by atoms with Crippen molar-refractivity contribution >= 4 is 17.0 Å². The number of nitrogens with one attached hydrogen (secondary N) is 1.